The number of hydrogen-bond donors (Lipinski definition) is 1. The highest BCUT2D eigenvalue weighted by Crippen LogP contribution is 2.27. The van der Waals surface area contributed by atoms with Gasteiger partial charge < -0.3 is 5.32 Å². The summed E-state index contributed by atoms with van der Waals surface area (Å²) in [5.74, 6) is 0. The number of benzene rings is 1. The molecule has 2 aromatic rings. The van der Waals surface area contributed by atoms with Crippen molar-refractivity contribution in [2.24, 2.45) is 0 Å². The van der Waals surface area contributed by atoms with Crippen LogP contribution in [-0.2, 0) is 12.8 Å². The molecular weight excluding hydrogens is 254 g/mol. The van der Waals surface area contributed by atoms with E-state index in [0.29, 0.717) is 0 Å². The summed E-state index contributed by atoms with van der Waals surface area (Å²) in [4.78, 5) is 1.23. The molecule has 0 bridgehead atoms. The van der Waals surface area contributed by atoms with E-state index >= 15 is 0 Å². The summed E-state index contributed by atoms with van der Waals surface area (Å²) in [6, 6.07) is 9.02. The quantitative estimate of drug-likeness (QED) is 0.878. The van der Waals surface area contributed by atoms with Crippen LogP contribution in [0.15, 0.2) is 24.3 Å². The van der Waals surface area contributed by atoms with Crippen LogP contribution < -0.4 is 5.32 Å². The Morgan fingerprint density at radius 3 is 2.84 bits per heavy atom. The SMILES string of the molecule is CCCc1cccc(C(NC)c2snnc2CC)c1. The van der Waals surface area contributed by atoms with Crippen molar-refractivity contribution in [2.45, 2.75) is 39.2 Å². The van der Waals surface area contributed by atoms with Gasteiger partial charge in [-0.2, -0.15) is 0 Å². The first-order valence-corrected chi connectivity index (χ1v) is 7.64. The van der Waals surface area contributed by atoms with Crippen LogP contribution >= 0.6 is 11.5 Å². The largest absolute Gasteiger partial charge is 0.309 e. The lowest BCUT2D eigenvalue weighted by Crippen LogP contribution is -2.18. The second-order valence-corrected chi connectivity index (χ2v) is 5.44. The minimum absolute atomic E-state index is 0.201. The normalized spacial score (nSPS) is 12.6. The van der Waals surface area contributed by atoms with Crippen LogP contribution in [0.3, 0.4) is 0 Å². The van der Waals surface area contributed by atoms with Gasteiger partial charge in [-0.1, -0.05) is 49.0 Å². The number of nitrogens with zero attached hydrogens (tertiary/aromatic N) is 2. The number of hydrogen-bond acceptors (Lipinski definition) is 4. The number of aryl methyl sites for hydroxylation is 2. The Kier molecular flexibility index (Phi) is 5.05. The fourth-order valence-corrected chi connectivity index (χ4v) is 3.22. The average Bonchev–Trinajstić information content (AvgIpc) is 2.89. The van der Waals surface area contributed by atoms with Crippen molar-refractivity contribution in [3.05, 3.63) is 46.0 Å². The van der Waals surface area contributed by atoms with Crippen molar-refractivity contribution in [1.29, 1.82) is 0 Å². The van der Waals surface area contributed by atoms with E-state index in [1.54, 1.807) is 0 Å². The van der Waals surface area contributed by atoms with Crippen molar-refractivity contribution >= 4 is 11.5 Å². The molecule has 0 aliphatic heterocycles. The van der Waals surface area contributed by atoms with Gasteiger partial charge in [0.05, 0.1) is 16.6 Å². The summed E-state index contributed by atoms with van der Waals surface area (Å²) in [5, 5.41) is 7.61. The first-order chi connectivity index (χ1) is 9.30. The summed E-state index contributed by atoms with van der Waals surface area (Å²) in [6.45, 7) is 4.34. The lowest BCUT2D eigenvalue weighted by Gasteiger charge is -2.16. The molecule has 1 aromatic heterocycles. The van der Waals surface area contributed by atoms with E-state index in [-0.39, 0.29) is 6.04 Å². The van der Waals surface area contributed by atoms with Gasteiger partial charge >= 0.3 is 0 Å². The van der Waals surface area contributed by atoms with E-state index in [1.165, 1.54) is 34.0 Å². The fourth-order valence-electron chi connectivity index (χ4n) is 2.35. The standard InChI is InChI=1S/C15H21N3S/c1-4-7-11-8-6-9-12(10-11)14(16-3)15-13(5-2)17-18-19-15/h6,8-10,14,16H,4-5,7H2,1-3H3. The molecule has 0 amide bonds. The summed E-state index contributed by atoms with van der Waals surface area (Å²) in [7, 11) is 2.00. The summed E-state index contributed by atoms with van der Waals surface area (Å²) >= 11 is 1.50. The predicted molar refractivity (Wildman–Crippen MR) is 80.6 cm³/mol. The molecule has 0 spiro atoms. The van der Waals surface area contributed by atoms with Crippen LogP contribution in [0.2, 0.25) is 0 Å². The van der Waals surface area contributed by atoms with Crippen LogP contribution in [0.5, 0.6) is 0 Å². The predicted octanol–water partition coefficient (Wildman–Crippen LogP) is 3.36. The van der Waals surface area contributed by atoms with Crippen molar-refractivity contribution in [1.82, 2.24) is 14.9 Å². The topological polar surface area (TPSA) is 37.8 Å². The minimum Gasteiger partial charge on any atom is -0.309 e. The third-order valence-corrected chi connectivity index (χ3v) is 4.13. The van der Waals surface area contributed by atoms with E-state index in [0.717, 1.165) is 18.5 Å². The highest BCUT2D eigenvalue weighted by Gasteiger charge is 2.18. The Morgan fingerprint density at radius 2 is 2.16 bits per heavy atom. The molecule has 1 aromatic carbocycles. The smallest absolute Gasteiger partial charge is 0.0804 e. The van der Waals surface area contributed by atoms with Crippen molar-refractivity contribution in [2.75, 3.05) is 7.05 Å². The van der Waals surface area contributed by atoms with Gasteiger partial charge in [0.1, 0.15) is 0 Å². The van der Waals surface area contributed by atoms with Crippen molar-refractivity contribution in [3.8, 4) is 0 Å². The van der Waals surface area contributed by atoms with Gasteiger partial charge in [0, 0.05) is 0 Å². The zero-order valence-corrected chi connectivity index (χ0v) is 12.6. The Balaban J connectivity index is 2.34. The number of aromatic nitrogens is 2. The van der Waals surface area contributed by atoms with Crippen molar-refractivity contribution in [3.63, 3.8) is 0 Å². The first-order valence-electron chi connectivity index (χ1n) is 6.87. The molecular formula is C15H21N3S. The molecule has 2 rings (SSSR count). The van der Waals surface area contributed by atoms with Crippen LogP contribution in [0.4, 0.5) is 0 Å². The van der Waals surface area contributed by atoms with E-state index in [4.69, 9.17) is 0 Å². The lowest BCUT2D eigenvalue weighted by atomic mass is 9.99. The van der Waals surface area contributed by atoms with Crippen molar-refractivity contribution < 1.29 is 0 Å². The highest BCUT2D eigenvalue weighted by atomic mass is 32.1. The lowest BCUT2D eigenvalue weighted by molar-refractivity contribution is 0.691. The Bertz CT molecular complexity index is 522. The molecule has 1 N–H and O–H groups in total. The highest BCUT2D eigenvalue weighted by molar-refractivity contribution is 7.05. The van der Waals surface area contributed by atoms with Crippen LogP contribution in [0.1, 0.15) is 48.0 Å². The molecule has 102 valence electrons. The molecule has 0 aliphatic rings. The molecule has 0 fully saturated rings. The van der Waals surface area contributed by atoms with Gasteiger partial charge in [0.2, 0.25) is 0 Å². The molecule has 1 atom stereocenters. The van der Waals surface area contributed by atoms with E-state index in [2.05, 4.69) is 53.0 Å². The zero-order valence-electron chi connectivity index (χ0n) is 11.8. The van der Waals surface area contributed by atoms with Gasteiger partial charge in [-0.3, -0.25) is 0 Å². The summed E-state index contributed by atoms with van der Waals surface area (Å²) in [6.07, 6.45) is 3.24. The third-order valence-electron chi connectivity index (χ3n) is 3.29. The number of rotatable bonds is 6. The van der Waals surface area contributed by atoms with Gasteiger partial charge in [-0.05, 0) is 42.5 Å². The molecule has 0 aliphatic carbocycles. The van der Waals surface area contributed by atoms with Gasteiger partial charge in [0.15, 0.2) is 0 Å². The van der Waals surface area contributed by atoms with E-state index < -0.39 is 0 Å². The molecule has 19 heavy (non-hydrogen) atoms. The molecule has 1 heterocycles. The Labute approximate surface area is 119 Å². The van der Waals surface area contributed by atoms with Crippen LogP contribution in [0, 0.1) is 0 Å². The minimum atomic E-state index is 0.201. The molecule has 0 saturated heterocycles. The zero-order chi connectivity index (χ0) is 13.7. The van der Waals surface area contributed by atoms with Gasteiger partial charge in [-0.15, -0.1) is 5.10 Å². The molecule has 4 heteroatoms. The summed E-state index contributed by atoms with van der Waals surface area (Å²) in [5.41, 5.74) is 3.80. The molecule has 3 nitrogen and oxygen atoms in total. The molecule has 0 radical (unpaired) electrons. The van der Waals surface area contributed by atoms with E-state index in [9.17, 15) is 0 Å². The van der Waals surface area contributed by atoms with E-state index in [1.807, 2.05) is 7.05 Å². The van der Waals surface area contributed by atoms with Gasteiger partial charge in [0.25, 0.3) is 0 Å². The third kappa shape index (κ3) is 3.19. The maximum Gasteiger partial charge on any atom is 0.0804 e. The maximum absolute atomic E-state index is 4.22. The van der Waals surface area contributed by atoms with Gasteiger partial charge in [-0.25, -0.2) is 0 Å². The average molecular weight is 275 g/mol. The Morgan fingerprint density at radius 1 is 1.32 bits per heavy atom. The molecule has 1 unspecified atom stereocenters. The Hall–Kier alpha value is -1.26. The molecule has 0 saturated carbocycles. The fraction of sp³-hybridized carbons (Fsp3) is 0.467. The number of nitrogens with one attached hydrogen (secondary N) is 1. The second kappa shape index (κ2) is 6.78. The summed E-state index contributed by atoms with van der Waals surface area (Å²) < 4.78 is 4.10. The van der Waals surface area contributed by atoms with Crippen LogP contribution in [0.25, 0.3) is 0 Å². The maximum atomic E-state index is 4.22. The first kappa shape index (κ1) is 14.2. The van der Waals surface area contributed by atoms with Crippen LogP contribution in [-0.4, -0.2) is 16.6 Å². The monoisotopic (exact) mass is 275 g/mol. The second-order valence-electron chi connectivity index (χ2n) is 4.65.